The predicted molar refractivity (Wildman–Crippen MR) is 114 cm³/mol. The molecule has 1 aromatic heterocycles. The number of aliphatic imine (C=N–C) groups is 1. The Morgan fingerprint density at radius 1 is 1.29 bits per heavy atom. The van der Waals surface area contributed by atoms with E-state index in [-0.39, 0.29) is 17.3 Å². The van der Waals surface area contributed by atoms with Crippen molar-refractivity contribution in [2.75, 3.05) is 31.6 Å². The lowest BCUT2D eigenvalue weighted by molar-refractivity contribution is 0.505. The summed E-state index contributed by atoms with van der Waals surface area (Å²) in [6.45, 7) is 8.79. The molecule has 0 radical (unpaired) electrons. The molecule has 0 aliphatic carbocycles. The van der Waals surface area contributed by atoms with Crippen molar-refractivity contribution in [1.82, 2.24) is 15.6 Å². The van der Waals surface area contributed by atoms with Crippen molar-refractivity contribution in [3.63, 3.8) is 0 Å². The van der Waals surface area contributed by atoms with Crippen LogP contribution in [0.15, 0.2) is 47.6 Å². The smallest absolute Gasteiger partial charge is 0.191 e. The number of rotatable bonds is 5. The fourth-order valence-electron chi connectivity index (χ4n) is 3.48. The van der Waals surface area contributed by atoms with E-state index in [0.717, 1.165) is 25.5 Å². The van der Waals surface area contributed by atoms with E-state index in [1.165, 1.54) is 17.2 Å². The molecule has 0 amide bonds. The van der Waals surface area contributed by atoms with Gasteiger partial charge in [0.1, 0.15) is 0 Å². The second kappa shape index (κ2) is 8.59. The van der Waals surface area contributed by atoms with Crippen molar-refractivity contribution in [2.24, 2.45) is 4.99 Å². The Bertz CT molecular complexity index is 816. The molecule has 1 unspecified atom stereocenters. The van der Waals surface area contributed by atoms with Crippen LogP contribution in [0.5, 0.6) is 0 Å². The number of guanidine groups is 1. The zero-order chi connectivity index (χ0) is 20.1. The van der Waals surface area contributed by atoms with Gasteiger partial charge in [-0.1, -0.05) is 43.7 Å². The summed E-state index contributed by atoms with van der Waals surface area (Å²) < 4.78 is 14.0. The summed E-state index contributed by atoms with van der Waals surface area (Å²) in [5.74, 6) is 0.925. The summed E-state index contributed by atoms with van der Waals surface area (Å²) >= 11 is 0. The number of hydrogen-bond acceptors (Lipinski definition) is 3. The van der Waals surface area contributed by atoms with Crippen LogP contribution in [0.1, 0.15) is 31.4 Å². The summed E-state index contributed by atoms with van der Waals surface area (Å²) in [6, 6.07) is 11.9. The molecule has 150 valence electrons. The first-order valence-corrected chi connectivity index (χ1v) is 9.79. The highest BCUT2D eigenvalue weighted by Gasteiger charge is 2.27. The van der Waals surface area contributed by atoms with Gasteiger partial charge in [-0.05, 0) is 31.0 Å². The summed E-state index contributed by atoms with van der Waals surface area (Å²) in [7, 11) is 1.78. The van der Waals surface area contributed by atoms with E-state index in [1.54, 1.807) is 19.3 Å². The zero-order valence-electron chi connectivity index (χ0n) is 17.2. The number of aromatic nitrogens is 1. The molecule has 1 aliphatic heterocycles. The molecule has 5 nitrogen and oxygen atoms in total. The minimum Gasteiger partial charge on any atom is -0.356 e. The average molecular weight is 384 g/mol. The minimum absolute atomic E-state index is 0.0237. The van der Waals surface area contributed by atoms with Crippen molar-refractivity contribution in [3.05, 3.63) is 59.5 Å². The normalized spacial score (nSPS) is 17.7. The molecule has 1 atom stereocenters. The number of benzene rings is 1. The third-order valence-electron chi connectivity index (χ3n) is 5.32. The van der Waals surface area contributed by atoms with Crippen LogP contribution in [0, 0.1) is 12.7 Å². The van der Waals surface area contributed by atoms with Crippen LogP contribution in [-0.4, -0.2) is 43.7 Å². The molecule has 0 spiro atoms. The first-order valence-electron chi connectivity index (χ1n) is 9.79. The Balaban J connectivity index is 1.55. The highest BCUT2D eigenvalue weighted by atomic mass is 19.1. The molecule has 2 N–H and O–H groups in total. The lowest BCUT2D eigenvalue weighted by Gasteiger charge is -2.28. The third kappa shape index (κ3) is 4.80. The Kier molecular flexibility index (Phi) is 6.17. The van der Waals surface area contributed by atoms with Gasteiger partial charge in [-0.15, -0.1) is 0 Å². The quantitative estimate of drug-likeness (QED) is 0.615. The van der Waals surface area contributed by atoms with Crippen LogP contribution in [0.3, 0.4) is 0 Å². The van der Waals surface area contributed by atoms with E-state index < -0.39 is 0 Å². The molecule has 0 saturated carbocycles. The SMILES string of the molecule is CN=C(NCC(C)(C)c1ccc(C)cc1)NC1CCN(c2ncccc2F)C1. The van der Waals surface area contributed by atoms with Crippen molar-refractivity contribution in [1.29, 1.82) is 0 Å². The topological polar surface area (TPSA) is 52.6 Å². The lowest BCUT2D eigenvalue weighted by atomic mass is 9.84. The Morgan fingerprint density at radius 2 is 2.04 bits per heavy atom. The van der Waals surface area contributed by atoms with E-state index in [9.17, 15) is 4.39 Å². The van der Waals surface area contributed by atoms with Gasteiger partial charge >= 0.3 is 0 Å². The van der Waals surface area contributed by atoms with E-state index >= 15 is 0 Å². The summed E-state index contributed by atoms with van der Waals surface area (Å²) in [6.07, 6.45) is 2.55. The second-order valence-electron chi connectivity index (χ2n) is 8.06. The zero-order valence-corrected chi connectivity index (χ0v) is 17.2. The number of aryl methyl sites for hydroxylation is 1. The van der Waals surface area contributed by atoms with E-state index in [4.69, 9.17) is 0 Å². The van der Waals surface area contributed by atoms with Crippen molar-refractivity contribution >= 4 is 11.8 Å². The van der Waals surface area contributed by atoms with Crippen LogP contribution in [0.25, 0.3) is 0 Å². The minimum atomic E-state index is -0.273. The molecular formula is C22H30FN5. The van der Waals surface area contributed by atoms with Gasteiger partial charge in [0.05, 0.1) is 0 Å². The number of nitrogens with zero attached hydrogens (tertiary/aromatic N) is 3. The lowest BCUT2D eigenvalue weighted by Crippen LogP contribution is -2.48. The largest absolute Gasteiger partial charge is 0.356 e. The van der Waals surface area contributed by atoms with E-state index in [0.29, 0.717) is 12.4 Å². The average Bonchev–Trinajstić information content (AvgIpc) is 3.14. The van der Waals surface area contributed by atoms with Crippen LogP contribution in [0.2, 0.25) is 0 Å². The first kappa shape index (κ1) is 20.1. The summed E-state index contributed by atoms with van der Waals surface area (Å²) in [4.78, 5) is 10.5. The third-order valence-corrected chi connectivity index (χ3v) is 5.32. The fourth-order valence-corrected chi connectivity index (χ4v) is 3.48. The van der Waals surface area contributed by atoms with Crippen LogP contribution in [-0.2, 0) is 5.41 Å². The van der Waals surface area contributed by atoms with Gasteiger partial charge in [0.25, 0.3) is 0 Å². The fraction of sp³-hybridized carbons (Fsp3) is 0.455. The Labute approximate surface area is 167 Å². The monoisotopic (exact) mass is 383 g/mol. The Morgan fingerprint density at radius 3 is 2.71 bits per heavy atom. The highest BCUT2D eigenvalue weighted by Crippen LogP contribution is 2.23. The summed E-state index contributed by atoms with van der Waals surface area (Å²) in [5, 5.41) is 6.91. The van der Waals surface area contributed by atoms with Crippen molar-refractivity contribution < 1.29 is 4.39 Å². The van der Waals surface area contributed by atoms with Gasteiger partial charge in [0.15, 0.2) is 17.6 Å². The standard InChI is InChI=1S/C22H30FN5/c1-16-7-9-17(10-8-16)22(2,3)15-26-21(24-4)27-18-11-13-28(14-18)20-19(23)6-5-12-25-20/h5-10,12,18H,11,13-15H2,1-4H3,(H2,24,26,27). The number of hydrogen-bond donors (Lipinski definition) is 2. The van der Waals surface area contributed by atoms with Gasteiger partial charge in [-0.3, -0.25) is 4.99 Å². The van der Waals surface area contributed by atoms with Crippen LogP contribution in [0.4, 0.5) is 10.2 Å². The number of pyridine rings is 1. The van der Waals surface area contributed by atoms with Gasteiger partial charge < -0.3 is 15.5 Å². The number of halogens is 1. The molecule has 1 aromatic carbocycles. The molecule has 0 bridgehead atoms. The molecule has 1 aliphatic rings. The van der Waals surface area contributed by atoms with Crippen molar-refractivity contribution in [2.45, 2.75) is 38.6 Å². The van der Waals surface area contributed by atoms with Crippen LogP contribution >= 0.6 is 0 Å². The van der Waals surface area contributed by atoms with Gasteiger partial charge in [-0.2, -0.15) is 0 Å². The van der Waals surface area contributed by atoms with E-state index in [2.05, 4.69) is 65.6 Å². The Hall–Kier alpha value is -2.63. The molecule has 2 aromatic rings. The molecule has 2 heterocycles. The maximum absolute atomic E-state index is 14.0. The highest BCUT2D eigenvalue weighted by molar-refractivity contribution is 5.80. The number of anilines is 1. The molecule has 28 heavy (non-hydrogen) atoms. The van der Waals surface area contributed by atoms with Gasteiger partial charge in [0.2, 0.25) is 0 Å². The summed E-state index contributed by atoms with van der Waals surface area (Å²) in [5.41, 5.74) is 2.53. The molecular weight excluding hydrogens is 353 g/mol. The predicted octanol–water partition coefficient (Wildman–Crippen LogP) is 3.25. The number of nitrogens with one attached hydrogen (secondary N) is 2. The molecule has 1 fully saturated rings. The maximum Gasteiger partial charge on any atom is 0.191 e. The molecule has 3 rings (SSSR count). The van der Waals surface area contributed by atoms with E-state index in [1.807, 2.05) is 4.90 Å². The molecule has 1 saturated heterocycles. The maximum atomic E-state index is 14.0. The second-order valence-corrected chi connectivity index (χ2v) is 8.06. The first-order chi connectivity index (χ1) is 13.4. The van der Waals surface area contributed by atoms with Crippen LogP contribution < -0.4 is 15.5 Å². The molecule has 6 heteroatoms. The van der Waals surface area contributed by atoms with Crippen molar-refractivity contribution in [3.8, 4) is 0 Å². The van der Waals surface area contributed by atoms with Gasteiger partial charge in [-0.25, -0.2) is 9.37 Å². The van der Waals surface area contributed by atoms with Gasteiger partial charge in [0, 0.05) is 44.3 Å².